The smallest absolute Gasteiger partial charge is 0.172 e. The first-order valence-electron chi connectivity index (χ1n) is 3.84. The van der Waals surface area contributed by atoms with Gasteiger partial charge < -0.3 is 0 Å². The summed E-state index contributed by atoms with van der Waals surface area (Å²) < 4.78 is 0. The van der Waals surface area contributed by atoms with Gasteiger partial charge in [0.25, 0.3) is 0 Å². The van der Waals surface area contributed by atoms with Crippen LogP contribution < -0.4 is 0 Å². The monoisotopic (exact) mass is 328 g/mol. The minimum atomic E-state index is -2.03. The standard InChI is InChI=1S/2C5H5.3ClH.Nb/c2*1-2-4-5-3-1;;;;/h2*1-5H;3*1H;/q2*-1;;;;+3/p-3. The summed E-state index contributed by atoms with van der Waals surface area (Å²) in [6.07, 6.45) is 0. The minimum Gasteiger partial charge on any atom is -0.214 e. The Morgan fingerprint density at radius 3 is 0.929 bits per heavy atom. The van der Waals surface area contributed by atoms with Crippen molar-refractivity contribution < 1.29 is 15.2 Å². The van der Waals surface area contributed by atoms with Crippen molar-refractivity contribution in [2.45, 2.75) is 0 Å². The Morgan fingerprint density at radius 1 is 0.643 bits per heavy atom. The van der Waals surface area contributed by atoms with Gasteiger partial charge in [-0.2, -0.15) is 36.4 Å². The molecule has 0 aromatic heterocycles. The Labute approximate surface area is 103 Å². The summed E-state index contributed by atoms with van der Waals surface area (Å²) in [6.45, 7) is 0. The van der Waals surface area contributed by atoms with E-state index in [0.717, 1.165) is 0 Å². The van der Waals surface area contributed by atoms with Gasteiger partial charge in [-0.05, 0) is 0 Å². The molecule has 0 atom stereocenters. The molecule has 0 amide bonds. The summed E-state index contributed by atoms with van der Waals surface area (Å²) >= 11 is -2.03. The second-order valence-corrected chi connectivity index (χ2v) is 12.1. The van der Waals surface area contributed by atoms with E-state index in [9.17, 15) is 0 Å². The van der Waals surface area contributed by atoms with Crippen molar-refractivity contribution in [3.8, 4) is 0 Å². The van der Waals surface area contributed by atoms with Crippen LogP contribution in [0.15, 0.2) is 60.7 Å². The molecule has 0 radical (unpaired) electrons. The number of hydrogen-bond donors (Lipinski definition) is 0. The molecular formula is C10H10Cl3Nb-2. The number of hydrogen-bond acceptors (Lipinski definition) is 0. The van der Waals surface area contributed by atoms with E-state index in [0.29, 0.717) is 0 Å². The summed E-state index contributed by atoms with van der Waals surface area (Å²) in [5, 5.41) is 0. The summed E-state index contributed by atoms with van der Waals surface area (Å²) in [7, 11) is 15.0. The third-order valence-electron chi connectivity index (χ3n) is 1.11. The molecule has 78 valence electrons. The van der Waals surface area contributed by atoms with Crippen LogP contribution in [0.4, 0.5) is 0 Å². The molecule has 4 heteroatoms. The fraction of sp³-hybridized carbons (Fsp3) is 0. The summed E-state index contributed by atoms with van der Waals surface area (Å²) in [6, 6.07) is 20.0. The van der Waals surface area contributed by atoms with Crippen molar-refractivity contribution in [3.63, 3.8) is 0 Å². The van der Waals surface area contributed by atoms with Crippen LogP contribution in [0.5, 0.6) is 0 Å². The van der Waals surface area contributed by atoms with Crippen LogP contribution in [0.25, 0.3) is 0 Å². The van der Waals surface area contributed by atoms with Crippen LogP contribution in [0, 0.1) is 0 Å². The molecule has 2 rings (SSSR count). The molecule has 0 fully saturated rings. The third kappa shape index (κ3) is 14.8. The maximum Gasteiger partial charge on any atom is -0.172 e. The van der Waals surface area contributed by atoms with Crippen molar-refractivity contribution in [1.29, 1.82) is 0 Å². The molecule has 0 aliphatic carbocycles. The first kappa shape index (κ1) is 14.3. The van der Waals surface area contributed by atoms with Gasteiger partial charge in [-0.25, -0.2) is 24.3 Å². The van der Waals surface area contributed by atoms with E-state index in [-0.39, 0.29) is 0 Å². The van der Waals surface area contributed by atoms with E-state index in [1.807, 2.05) is 60.7 Å². The fourth-order valence-electron chi connectivity index (χ4n) is 0.642. The number of halogens is 3. The van der Waals surface area contributed by atoms with E-state index in [1.54, 1.807) is 0 Å². The van der Waals surface area contributed by atoms with E-state index >= 15 is 0 Å². The van der Waals surface area contributed by atoms with Crippen LogP contribution in [0.1, 0.15) is 0 Å². The quantitative estimate of drug-likeness (QED) is 0.477. The third-order valence-corrected chi connectivity index (χ3v) is 1.11. The van der Waals surface area contributed by atoms with Crippen molar-refractivity contribution in [2.24, 2.45) is 0 Å². The van der Waals surface area contributed by atoms with Crippen molar-refractivity contribution in [1.82, 2.24) is 0 Å². The van der Waals surface area contributed by atoms with Gasteiger partial charge in [0.15, 0.2) is 0 Å². The van der Waals surface area contributed by atoms with E-state index < -0.39 is 15.2 Å². The Kier molecular flexibility index (Phi) is 11.6. The van der Waals surface area contributed by atoms with Gasteiger partial charge in [-0.1, -0.05) is 0 Å². The average molecular weight is 329 g/mol. The van der Waals surface area contributed by atoms with Crippen LogP contribution in [0.2, 0.25) is 0 Å². The summed E-state index contributed by atoms with van der Waals surface area (Å²) in [4.78, 5) is 0. The van der Waals surface area contributed by atoms with Gasteiger partial charge in [0.1, 0.15) is 0 Å². The van der Waals surface area contributed by atoms with Crippen molar-refractivity contribution >= 4 is 27.6 Å². The molecule has 0 nitrogen and oxygen atoms in total. The molecule has 0 aliphatic rings. The Bertz CT molecular complexity index is 187. The zero-order chi connectivity index (χ0) is 10.6. The summed E-state index contributed by atoms with van der Waals surface area (Å²) in [5.41, 5.74) is 0. The Morgan fingerprint density at radius 2 is 0.857 bits per heavy atom. The zero-order valence-corrected chi connectivity index (χ0v) is 11.8. The van der Waals surface area contributed by atoms with Gasteiger partial charge in [0.05, 0.1) is 0 Å². The summed E-state index contributed by atoms with van der Waals surface area (Å²) in [5.74, 6) is 0. The van der Waals surface area contributed by atoms with E-state index in [1.165, 1.54) is 0 Å². The van der Waals surface area contributed by atoms with E-state index in [4.69, 9.17) is 27.6 Å². The molecule has 0 saturated heterocycles. The minimum absolute atomic E-state index is 2.00. The van der Waals surface area contributed by atoms with Gasteiger partial charge in [-0.15, -0.1) is 0 Å². The van der Waals surface area contributed by atoms with Crippen molar-refractivity contribution in [2.75, 3.05) is 0 Å². The molecule has 0 spiro atoms. The second kappa shape index (κ2) is 11.4. The molecule has 0 unspecified atom stereocenters. The van der Waals surface area contributed by atoms with Gasteiger partial charge in [-0.3, -0.25) is 0 Å². The molecule has 2 aromatic carbocycles. The van der Waals surface area contributed by atoms with Crippen molar-refractivity contribution in [3.05, 3.63) is 60.7 Å². The molecule has 14 heavy (non-hydrogen) atoms. The molecule has 0 bridgehead atoms. The molecule has 0 N–H and O–H groups in total. The first-order chi connectivity index (χ1) is 6.73. The number of rotatable bonds is 0. The van der Waals surface area contributed by atoms with Crippen LogP contribution in [-0.4, -0.2) is 0 Å². The molecular weight excluding hydrogens is 319 g/mol. The zero-order valence-electron chi connectivity index (χ0n) is 7.35. The predicted molar refractivity (Wildman–Crippen MR) is 61.6 cm³/mol. The van der Waals surface area contributed by atoms with Gasteiger partial charge in [0, 0.05) is 0 Å². The van der Waals surface area contributed by atoms with Crippen LogP contribution in [-0.2, 0) is 15.2 Å². The van der Waals surface area contributed by atoms with Gasteiger partial charge >= 0.3 is 42.8 Å². The van der Waals surface area contributed by atoms with Crippen LogP contribution >= 0.6 is 27.6 Å². The normalized spacial score (nSPS) is 8.29. The first-order valence-corrected chi connectivity index (χ1v) is 12.3. The largest absolute Gasteiger partial charge is 0.214 e. The Hall–Kier alpha value is 0.310. The second-order valence-electron chi connectivity index (χ2n) is 2.12. The molecule has 0 heterocycles. The SMILES string of the molecule is [Cl][Nb]([Cl])[Cl].c1cc[cH-]c1.c1cc[cH-]c1. The molecule has 0 aliphatic heterocycles. The molecule has 2 aromatic rings. The fourth-order valence-corrected chi connectivity index (χ4v) is 0.642. The maximum atomic E-state index is 4.99. The van der Waals surface area contributed by atoms with E-state index in [2.05, 4.69) is 0 Å². The maximum absolute atomic E-state index is 4.99. The molecule has 0 saturated carbocycles. The predicted octanol–water partition coefficient (Wildman–Crippen LogP) is 4.88. The topological polar surface area (TPSA) is 0 Å². The average Bonchev–Trinajstić information content (AvgIpc) is 2.83. The Balaban J connectivity index is 0.000000183. The van der Waals surface area contributed by atoms with Gasteiger partial charge in [0.2, 0.25) is 0 Å². The van der Waals surface area contributed by atoms with Crippen LogP contribution in [0.3, 0.4) is 0 Å².